The highest BCUT2D eigenvalue weighted by Crippen LogP contribution is 2.31. The van der Waals surface area contributed by atoms with Gasteiger partial charge < -0.3 is 10.2 Å². The van der Waals surface area contributed by atoms with Gasteiger partial charge >= 0.3 is 0 Å². The number of aryl methyl sites for hydroxylation is 1. The summed E-state index contributed by atoms with van der Waals surface area (Å²) in [7, 11) is -4.27. The second kappa shape index (κ2) is 15.8. The molecule has 0 aliphatic heterocycles. The van der Waals surface area contributed by atoms with Crippen LogP contribution in [0.2, 0.25) is 15.1 Å². The highest BCUT2D eigenvalue weighted by atomic mass is 35.5. The molecule has 0 bridgehead atoms. The van der Waals surface area contributed by atoms with Crippen molar-refractivity contribution in [3.8, 4) is 0 Å². The fourth-order valence-corrected chi connectivity index (χ4v) is 6.74. The van der Waals surface area contributed by atoms with E-state index in [0.717, 1.165) is 15.4 Å². The lowest BCUT2D eigenvalue weighted by Crippen LogP contribution is -2.54. The van der Waals surface area contributed by atoms with E-state index in [9.17, 15) is 18.0 Å². The molecule has 7 nitrogen and oxygen atoms in total. The van der Waals surface area contributed by atoms with Crippen LogP contribution in [-0.2, 0) is 32.6 Å². The van der Waals surface area contributed by atoms with Crippen LogP contribution in [0.1, 0.15) is 37.0 Å². The van der Waals surface area contributed by atoms with E-state index in [1.807, 2.05) is 51.1 Å². The molecule has 0 unspecified atom stereocenters. The molecule has 4 aromatic carbocycles. The minimum absolute atomic E-state index is 0.00458. The van der Waals surface area contributed by atoms with Crippen molar-refractivity contribution in [2.75, 3.05) is 10.8 Å². The second-order valence-electron chi connectivity index (χ2n) is 11.1. The molecular weight excluding hydrogens is 665 g/mol. The first-order valence-corrected chi connectivity index (χ1v) is 17.4. The number of carbonyl (C=O) groups excluding carboxylic acids is 2. The Labute approximate surface area is 286 Å². The van der Waals surface area contributed by atoms with Gasteiger partial charge in [-0.1, -0.05) is 102 Å². The van der Waals surface area contributed by atoms with Crippen molar-refractivity contribution in [3.63, 3.8) is 0 Å². The molecule has 0 saturated carbocycles. The molecule has 46 heavy (non-hydrogen) atoms. The molecular formula is C35H36Cl3N3O4S. The molecule has 11 heteroatoms. The summed E-state index contributed by atoms with van der Waals surface area (Å²) in [6, 6.07) is 26.0. The van der Waals surface area contributed by atoms with Crippen molar-refractivity contribution in [1.82, 2.24) is 10.2 Å². The molecule has 0 aliphatic carbocycles. The zero-order valence-corrected chi connectivity index (χ0v) is 28.9. The monoisotopic (exact) mass is 699 g/mol. The number of rotatable bonds is 13. The molecule has 2 amide bonds. The van der Waals surface area contributed by atoms with Crippen molar-refractivity contribution in [2.24, 2.45) is 0 Å². The summed E-state index contributed by atoms with van der Waals surface area (Å²) in [5, 5.41) is 3.84. The lowest BCUT2D eigenvalue weighted by atomic mass is 10.0. The number of amides is 2. The van der Waals surface area contributed by atoms with Crippen molar-refractivity contribution in [2.45, 2.75) is 57.1 Å². The maximum absolute atomic E-state index is 14.5. The zero-order chi connectivity index (χ0) is 33.4. The number of hydrogen-bond donors (Lipinski definition) is 1. The van der Waals surface area contributed by atoms with Crippen LogP contribution in [0.5, 0.6) is 0 Å². The van der Waals surface area contributed by atoms with Crippen molar-refractivity contribution in [1.29, 1.82) is 0 Å². The fraction of sp³-hybridized carbons (Fsp3) is 0.257. The molecule has 0 radical (unpaired) electrons. The van der Waals surface area contributed by atoms with Crippen LogP contribution in [0.3, 0.4) is 0 Å². The molecule has 0 aliphatic rings. The first-order chi connectivity index (χ1) is 21.9. The first kappa shape index (κ1) is 35.3. The highest BCUT2D eigenvalue weighted by Gasteiger charge is 2.35. The Morgan fingerprint density at radius 3 is 2.13 bits per heavy atom. The van der Waals surface area contributed by atoms with E-state index in [2.05, 4.69) is 5.32 Å². The molecule has 0 fully saturated rings. The summed E-state index contributed by atoms with van der Waals surface area (Å²) in [5.74, 6) is -0.946. The van der Waals surface area contributed by atoms with E-state index in [4.69, 9.17) is 34.8 Å². The normalized spacial score (nSPS) is 12.7. The van der Waals surface area contributed by atoms with Crippen LogP contribution in [0, 0.1) is 6.92 Å². The van der Waals surface area contributed by atoms with Crippen LogP contribution < -0.4 is 9.62 Å². The molecule has 2 atom stereocenters. The number of carbonyl (C=O) groups is 2. The van der Waals surface area contributed by atoms with Gasteiger partial charge in [0, 0.05) is 24.0 Å². The third-order valence-electron chi connectivity index (χ3n) is 7.59. The van der Waals surface area contributed by atoms with E-state index in [1.165, 1.54) is 35.2 Å². The quantitative estimate of drug-likeness (QED) is 0.155. The number of halogens is 3. The molecule has 0 heterocycles. The molecule has 4 aromatic rings. The van der Waals surface area contributed by atoms with Gasteiger partial charge in [-0.15, -0.1) is 0 Å². The van der Waals surface area contributed by atoms with Gasteiger partial charge in [-0.25, -0.2) is 8.42 Å². The summed E-state index contributed by atoms with van der Waals surface area (Å²) >= 11 is 18.8. The Morgan fingerprint density at radius 1 is 0.826 bits per heavy atom. The van der Waals surface area contributed by atoms with Crippen molar-refractivity contribution >= 4 is 62.3 Å². The molecule has 0 spiro atoms. The minimum atomic E-state index is -4.27. The molecule has 4 rings (SSSR count). The predicted octanol–water partition coefficient (Wildman–Crippen LogP) is 7.71. The highest BCUT2D eigenvalue weighted by molar-refractivity contribution is 7.92. The number of nitrogens with one attached hydrogen (secondary N) is 1. The third-order valence-corrected chi connectivity index (χ3v) is 10.4. The number of hydrogen-bond acceptors (Lipinski definition) is 4. The van der Waals surface area contributed by atoms with Gasteiger partial charge in [0.05, 0.1) is 20.6 Å². The Bertz CT molecular complexity index is 1770. The van der Waals surface area contributed by atoms with E-state index in [1.54, 1.807) is 36.4 Å². The predicted molar refractivity (Wildman–Crippen MR) is 186 cm³/mol. The SMILES string of the molecule is CC[C@H](C)NC(=O)[C@@H](Cc1ccccc1)N(Cc1cccc(Cl)c1)C(=O)CN(c1ccc(Cl)c(Cl)c1)S(=O)(=O)c1ccc(C)cc1. The fourth-order valence-electron chi connectivity index (χ4n) is 4.83. The van der Waals surface area contributed by atoms with Crippen LogP contribution in [0.4, 0.5) is 5.69 Å². The van der Waals surface area contributed by atoms with Gasteiger partial charge in [0.1, 0.15) is 12.6 Å². The van der Waals surface area contributed by atoms with E-state index < -0.39 is 28.5 Å². The number of anilines is 1. The van der Waals surface area contributed by atoms with Crippen LogP contribution in [0.25, 0.3) is 0 Å². The maximum Gasteiger partial charge on any atom is 0.264 e. The van der Waals surface area contributed by atoms with Crippen molar-refractivity contribution in [3.05, 3.63) is 129 Å². The molecule has 1 N–H and O–H groups in total. The van der Waals surface area contributed by atoms with Crippen molar-refractivity contribution < 1.29 is 18.0 Å². The number of nitrogens with zero attached hydrogens (tertiary/aromatic N) is 2. The van der Waals surface area contributed by atoms with E-state index in [-0.39, 0.29) is 45.5 Å². The van der Waals surface area contributed by atoms with Crippen LogP contribution in [0.15, 0.2) is 102 Å². The minimum Gasteiger partial charge on any atom is -0.352 e. The Kier molecular flexibility index (Phi) is 12.1. The van der Waals surface area contributed by atoms with Gasteiger partial charge in [0.15, 0.2) is 0 Å². The molecule has 0 saturated heterocycles. The largest absolute Gasteiger partial charge is 0.352 e. The Hall–Kier alpha value is -3.56. The van der Waals surface area contributed by atoms with Crippen LogP contribution in [-0.4, -0.2) is 43.8 Å². The van der Waals surface area contributed by atoms with E-state index in [0.29, 0.717) is 17.0 Å². The van der Waals surface area contributed by atoms with Gasteiger partial charge in [-0.3, -0.25) is 13.9 Å². The maximum atomic E-state index is 14.5. The summed E-state index contributed by atoms with van der Waals surface area (Å²) < 4.78 is 29.3. The Morgan fingerprint density at radius 2 is 1.50 bits per heavy atom. The lowest BCUT2D eigenvalue weighted by Gasteiger charge is -2.34. The van der Waals surface area contributed by atoms with Gasteiger partial charge in [-0.2, -0.15) is 0 Å². The van der Waals surface area contributed by atoms with Gasteiger partial charge in [0.2, 0.25) is 11.8 Å². The second-order valence-corrected chi connectivity index (χ2v) is 14.2. The number of benzene rings is 4. The topological polar surface area (TPSA) is 86.8 Å². The molecule has 0 aromatic heterocycles. The first-order valence-electron chi connectivity index (χ1n) is 14.8. The average Bonchev–Trinajstić information content (AvgIpc) is 3.03. The third kappa shape index (κ3) is 9.04. The standard InChI is InChI=1S/C35H36Cl3N3O4S/c1-4-25(3)39-35(43)33(20-26-9-6-5-7-10-26)40(22-27-11-8-12-28(36)19-27)34(42)23-41(29-15-18-31(37)32(38)21-29)46(44,45)30-16-13-24(2)14-17-30/h5-19,21,25,33H,4,20,22-23H2,1-3H3,(H,39,43)/t25-,33+/m0/s1. The van der Waals surface area contributed by atoms with Gasteiger partial charge in [-0.05, 0) is 73.9 Å². The summed E-state index contributed by atoms with van der Waals surface area (Å²) in [5.41, 5.74) is 2.54. The zero-order valence-electron chi connectivity index (χ0n) is 25.8. The smallest absolute Gasteiger partial charge is 0.264 e. The number of sulfonamides is 1. The summed E-state index contributed by atoms with van der Waals surface area (Å²) in [6.07, 6.45) is 0.888. The summed E-state index contributed by atoms with van der Waals surface area (Å²) in [4.78, 5) is 29.9. The average molecular weight is 701 g/mol. The molecule has 242 valence electrons. The van der Waals surface area contributed by atoms with E-state index >= 15 is 0 Å². The van der Waals surface area contributed by atoms with Crippen LogP contribution >= 0.6 is 34.8 Å². The Balaban J connectivity index is 1.83. The summed E-state index contributed by atoms with van der Waals surface area (Å²) in [6.45, 7) is 5.08. The van der Waals surface area contributed by atoms with Gasteiger partial charge in [0.25, 0.3) is 10.0 Å². The lowest BCUT2D eigenvalue weighted by molar-refractivity contribution is -0.140.